The summed E-state index contributed by atoms with van der Waals surface area (Å²) in [5.41, 5.74) is 0.475. The van der Waals surface area contributed by atoms with Crippen LogP contribution in [0.15, 0.2) is 0 Å². The van der Waals surface area contributed by atoms with Gasteiger partial charge in [-0.2, -0.15) is 0 Å². The van der Waals surface area contributed by atoms with Gasteiger partial charge in [0.05, 0.1) is 0 Å². The Morgan fingerprint density at radius 1 is 1.31 bits per heavy atom. The third-order valence-electron chi connectivity index (χ3n) is 4.06. The molecule has 0 unspecified atom stereocenters. The first-order valence-electron chi connectivity index (χ1n) is 6.64. The summed E-state index contributed by atoms with van der Waals surface area (Å²) < 4.78 is 5.50. The Morgan fingerprint density at radius 3 is 2.50 bits per heavy atom. The van der Waals surface area contributed by atoms with Gasteiger partial charge in [-0.05, 0) is 43.6 Å². The number of nitrogens with zero attached hydrogens (tertiary/aromatic N) is 1. The lowest BCUT2D eigenvalue weighted by molar-refractivity contribution is 0.00825. The molecule has 0 atom stereocenters. The fourth-order valence-electron chi connectivity index (χ4n) is 2.58. The molecule has 2 fully saturated rings. The quantitative estimate of drug-likeness (QED) is 0.697. The Bertz CT molecular complexity index is 212. The Balaban J connectivity index is 1.86. The minimum Gasteiger partial charge on any atom is -0.381 e. The number of ether oxygens (including phenoxy) is 1. The van der Waals surface area contributed by atoms with E-state index in [1.54, 1.807) is 0 Å². The van der Waals surface area contributed by atoms with Crippen molar-refractivity contribution in [2.45, 2.75) is 32.6 Å². The zero-order valence-corrected chi connectivity index (χ0v) is 12.0. The summed E-state index contributed by atoms with van der Waals surface area (Å²) in [6.45, 7) is 7.98. The van der Waals surface area contributed by atoms with Crippen LogP contribution in [-0.2, 0) is 4.74 Å². The van der Waals surface area contributed by atoms with Crippen molar-refractivity contribution < 1.29 is 4.74 Å². The molecule has 0 N–H and O–H groups in total. The van der Waals surface area contributed by atoms with Crippen LogP contribution in [0.3, 0.4) is 0 Å². The van der Waals surface area contributed by atoms with E-state index in [0.29, 0.717) is 5.41 Å². The van der Waals surface area contributed by atoms with Crippen molar-refractivity contribution in [1.82, 2.24) is 4.90 Å². The van der Waals surface area contributed by atoms with E-state index in [-0.39, 0.29) is 0 Å². The Labute approximate surface area is 108 Å². The third kappa shape index (κ3) is 3.44. The minimum atomic E-state index is 0.475. The van der Waals surface area contributed by atoms with Crippen LogP contribution in [0.2, 0.25) is 0 Å². The van der Waals surface area contributed by atoms with Gasteiger partial charge in [0.25, 0.3) is 0 Å². The maximum Gasteiger partial charge on any atom is 0.0472 e. The minimum absolute atomic E-state index is 0.475. The Kier molecular flexibility index (Phi) is 4.68. The number of rotatable bonds is 6. The predicted molar refractivity (Wildman–Crippen MR) is 71.1 cm³/mol. The molecule has 0 amide bonds. The van der Waals surface area contributed by atoms with Crippen LogP contribution in [0.25, 0.3) is 0 Å². The van der Waals surface area contributed by atoms with Gasteiger partial charge in [0, 0.05) is 31.6 Å². The predicted octanol–water partition coefficient (Wildman–Crippen LogP) is 2.91. The van der Waals surface area contributed by atoms with Gasteiger partial charge in [0.15, 0.2) is 0 Å². The third-order valence-corrected chi connectivity index (χ3v) is 5.25. The standard InChI is InChI=1S/C13H24BrNO/c1-2-15(9-12-3-4-12)11-13(10-14)5-7-16-8-6-13/h12H,2-11H2,1H3. The average Bonchev–Trinajstić information content (AvgIpc) is 3.13. The number of hydrogen-bond donors (Lipinski definition) is 0. The summed E-state index contributed by atoms with van der Waals surface area (Å²) in [4.78, 5) is 2.66. The lowest BCUT2D eigenvalue weighted by Crippen LogP contribution is -2.43. The van der Waals surface area contributed by atoms with Crippen LogP contribution in [0, 0.1) is 11.3 Å². The van der Waals surface area contributed by atoms with Crippen molar-refractivity contribution in [2.75, 3.05) is 38.2 Å². The normalized spacial score (nSPS) is 24.9. The van der Waals surface area contributed by atoms with E-state index in [4.69, 9.17) is 4.74 Å². The van der Waals surface area contributed by atoms with Gasteiger partial charge in [0.2, 0.25) is 0 Å². The molecule has 3 heteroatoms. The molecule has 1 aliphatic heterocycles. The first-order valence-corrected chi connectivity index (χ1v) is 7.76. The topological polar surface area (TPSA) is 12.5 Å². The van der Waals surface area contributed by atoms with Gasteiger partial charge in [-0.1, -0.05) is 22.9 Å². The Morgan fingerprint density at radius 2 is 2.00 bits per heavy atom. The first kappa shape index (κ1) is 12.8. The van der Waals surface area contributed by atoms with Gasteiger partial charge >= 0.3 is 0 Å². The van der Waals surface area contributed by atoms with E-state index in [0.717, 1.165) is 24.5 Å². The molecule has 0 radical (unpaired) electrons. The van der Waals surface area contributed by atoms with Gasteiger partial charge < -0.3 is 9.64 Å². The summed E-state index contributed by atoms with van der Waals surface area (Å²) in [7, 11) is 0. The Hall–Kier alpha value is 0.400. The van der Waals surface area contributed by atoms with E-state index in [9.17, 15) is 0 Å². The fraction of sp³-hybridized carbons (Fsp3) is 1.00. The van der Waals surface area contributed by atoms with E-state index in [2.05, 4.69) is 27.8 Å². The molecule has 2 aliphatic rings. The molecule has 0 spiro atoms. The van der Waals surface area contributed by atoms with E-state index in [1.807, 2.05) is 0 Å². The van der Waals surface area contributed by atoms with E-state index in [1.165, 1.54) is 45.3 Å². The van der Waals surface area contributed by atoms with Crippen LogP contribution in [-0.4, -0.2) is 43.1 Å². The molecule has 0 bridgehead atoms. The van der Waals surface area contributed by atoms with Gasteiger partial charge in [-0.25, -0.2) is 0 Å². The molecule has 1 saturated heterocycles. The number of halogens is 1. The molecule has 94 valence electrons. The number of hydrogen-bond acceptors (Lipinski definition) is 2. The van der Waals surface area contributed by atoms with Crippen molar-refractivity contribution in [1.29, 1.82) is 0 Å². The molecule has 1 saturated carbocycles. The average molecular weight is 290 g/mol. The highest BCUT2D eigenvalue weighted by Gasteiger charge is 2.34. The smallest absolute Gasteiger partial charge is 0.0472 e. The van der Waals surface area contributed by atoms with Gasteiger partial charge in [0.1, 0.15) is 0 Å². The summed E-state index contributed by atoms with van der Waals surface area (Å²) in [6, 6.07) is 0. The zero-order chi connectivity index (χ0) is 11.4. The molecule has 2 nitrogen and oxygen atoms in total. The molecule has 16 heavy (non-hydrogen) atoms. The van der Waals surface area contributed by atoms with Crippen LogP contribution < -0.4 is 0 Å². The van der Waals surface area contributed by atoms with Crippen molar-refractivity contribution in [2.24, 2.45) is 11.3 Å². The van der Waals surface area contributed by atoms with Crippen LogP contribution in [0.5, 0.6) is 0 Å². The zero-order valence-electron chi connectivity index (χ0n) is 10.4. The SMILES string of the molecule is CCN(CC1CC1)CC1(CBr)CCOCC1. The molecular weight excluding hydrogens is 266 g/mol. The van der Waals surface area contributed by atoms with Crippen molar-refractivity contribution in [3.63, 3.8) is 0 Å². The maximum atomic E-state index is 5.50. The fourth-order valence-corrected chi connectivity index (χ4v) is 3.32. The second-order valence-corrected chi connectivity index (χ2v) is 6.08. The van der Waals surface area contributed by atoms with Crippen LogP contribution in [0.1, 0.15) is 32.6 Å². The number of alkyl halides is 1. The van der Waals surface area contributed by atoms with E-state index < -0.39 is 0 Å². The highest BCUT2D eigenvalue weighted by Crippen LogP contribution is 2.35. The maximum absolute atomic E-state index is 5.50. The summed E-state index contributed by atoms with van der Waals surface area (Å²) in [5.74, 6) is 1.01. The van der Waals surface area contributed by atoms with Gasteiger partial charge in [-0.3, -0.25) is 0 Å². The lowest BCUT2D eigenvalue weighted by atomic mass is 9.82. The second-order valence-electron chi connectivity index (χ2n) is 5.52. The molecule has 1 heterocycles. The largest absolute Gasteiger partial charge is 0.381 e. The van der Waals surface area contributed by atoms with Crippen LogP contribution in [0.4, 0.5) is 0 Å². The summed E-state index contributed by atoms with van der Waals surface area (Å²) in [5, 5.41) is 1.13. The van der Waals surface area contributed by atoms with Crippen molar-refractivity contribution in [3.05, 3.63) is 0 Å². The molecular formula is C13H24BrNO. The van der Waals surface area contributed by atoms with Gasteiger partial charge in [-0.15, -0.1) is 0 Å². The summed E-state index contributed by atoms with van der Waals surface area (Å²) in [6.07, 6.45) is 5.36. The second kappa shape index (κ2) is 5.83. The van der Waals surface area contributed by atoms with E-state index >= 15 is 0 Å². The highest BCUT2D eigenvalue weighted by molar-refractivity contribution is 9.09. The molecule has 1 aliphatic carbocycles. The van der Waals surface area contributed by atoms with Crippen molar-refractivity contribution in [3.8, 4) is 0 Å². The van der Waals surface area contributed by atoms with Crippen molar-refractivity contribution >= 4 is 15.9 Å². The summed E-state index contributed by atoms with van der Waals surface area (Å²) >= 11 is 3.73. The highest BCUT2D eigenvalue weighted by atomic mass is 79.9. The van der Waals surface area contributed by atoms with Crippen LogP contribution >= 0.6 is 15.9 Å². The molecule has 0 aromatic rings. The molecule has 0 aromatic carbocycles. The molecule has 0 aromatic heterocycles. The lowest BCUT2D eigenvalue weighted by Gasteiger charge is -2.39. The molecule has 2 rings (SSSR count). The first-order chi connectivity index (χ1) is 7.78. The monoisotopic (exact) mass is 289 g/mol.